The first-order valence-corrected chi connectivity index (χ1v) is 5.81. The van der Waals surface area contributed by atoms with Crippen molar-refractivity contribution in [1.29, 1.82) is 0 Å². The molecule has 0 aliphatic rings. The lowest BCUT2D eigenvalue weighted by atomic mass is 10.2. The van der Waals surface area contributed by atoms with Crippen molar-refractivity contribution in [3.8, 4) is 0 Å². The van der Waals surface area contributed by atoms with Gasteiger partial charge in [-0.1, -0.05) is 0 Å². The molecule has 1 aromatic heterocycles. The van der Waals surface area contributed by atoms with Gasteiger partial charge < -0.3 is 10.4 Å². The van der Waals surface area contributed by atoms with Crippen molar-refractivity contribution in [2.45, 2.75) is 32.7 Å². The van der Waals surface area contributed by atoms with Crippen LogP contribution in [0.4, 0.5) is 0 Å². The number of carbonyl (C=O) groups is 2. The van der Waals surface area contributed by atoms with Crippen LogP contribution in [0.5, 0.6) is 0 Å². The van der Waals surface area contributed by atoms with Crippen LogP contribution < -0.4 is 5.32 Å². The molecule has 0 fully saturated rings. The molecule has 0 saturated heterocycles. The molecule has 1 heterocycles. The normalized spacial score (nSPS) is 12.1. The third-order valence-electron chi connectivity index (χ3n) is 2.12. The van der Waals surface area contributed by atoms with Crippen LogP contribution in [-0.4, -0.2) is 28.0 Å². The standard InChI is InChI=1S/C10H14N2O3S/c1-6(3-4-8(13)14)12-10(15)9-7(2)11-5-16-9/h5-6H,3-4H2,1-2H3,(H,12,15)(H,13,14). The van der Waals surface area contributed by atoms with E-state index in [1.165, 1.54) is 11.3 Å². The van der Waals surface area contributed by atoms with Gasteiger partial charge in [0.15, 0.2) is 0 Å². The van der Waals surface area contributed by atoms with Crippen LogP contribution in [0.2, 0.25) is 0 Å². The van der Waals surface area contributed by atoms with E-state index in [0.717, 1.165) is 0 Å². The average molecular weight is 242 g/mol. The van der Waals surface area contributed by atoms with Gasteiger partial charge in [0.05, 0.1) is 11.2 Å². The fourth-order valence-electron chi connectivity index (χ4n) is 1.22. The summed E-state index contributed by atoms with van der Waals surface area (Å²) < 4.78 is 0. The Kier molecular flexibility index (Phi) is 4.42. The first-order valence-electron chi connectivity index (χ1n) is 4.93. The van der Waals surface area contributed by atoms with E-state index in [2.05, 4.69) is 10.3 Å². The van der Waals surface area contributed by atoms with E-state index < -0.39 is 5.97 Å². The molecule has 1 amide bonds. The van der Waals surface area contributed by atoms with E-state index in [9.17, 15) is 9.59 Å². The maximum atomic E-state index is 11.7. The number of hydrogen-bond donors (Lipinski definition) is 2. The van der Waals surface area contributed by atoms with E-state index in [1.807, 2.05) is 0 Å². The molecule has 0 radical (unpaired) electrons. The SMILES string of the molecule is Cc1ncsc1C(=O)NC(C)CCC(=O)O. The van der Waals surface area contributed by atoms with Gasteiger partial charge in [0.1, 0.15) is 4.88 Å². The smallest absolute Gasteiger partial charge is 0.303 e. The zero-order valence-corrected chi connectivity index (χ0v) is 10.0. The summed E-state index contributed by atoms with van der Waals surface area (Å²) in [5.74, 6) is -1.03. The Morgan fingerprint density at radius 2 is 2.31 bits per heavy atom. The van der Waals surface area contributed by atoms with Crippen LogP contribution in [0.15, 0.2) is 5.51 Å². The number of rotatable bonds is 5. The molecule has 0 spiro atoms. The molecule has 1 rings (SSSR count). The predicted molar refractivity (Wildman–Crippen MR) is 60.6 cm³/mol. The van der Waals surface area contributed by atoms with E-state index in [-0.39, 0.29) is 18.4 Å². The number of carbonyl (C=O) groups excluding carboxylic acids is 1. The molecule has 1 unspecified atom stereocenters. The Bertz CT molecular complexity index is 389. The molecular weight excluding hydrogens is 228 g/mol. The number of thiazole rings is 1. The largest absolute Gasteiger partial charge is 0.481 e. The lowest BCUT2D eigenvalue weighted by Crippen LogP contribution is -2.32. The minimum atomic E-state index is -0.852. The number of nitrogens with one attached hydrogen (secondary N) is 1. The number of aryl methyl sites for hydroxylation is 1. The van der Waals surface area contributed by atoms with Crippen LogP contribution in [0, 0.1) is 6.92 Å². The minimum absolute atomic E-state index is 0.0587. The van der Waals surface area contributed by atoms with E-state index in [1.54, 1.807) is 19.4 Å². The van der Waals surface area contributed by atoms with Crippen LogP contribution in [0.1, 0.15) is 35.1 Å². The molecule has 5 nitrogen and oxygen atoms in total. The average Bonchev–Trinajstić information content (AvgIpc) is 2.61. The second-order valence-electron chi connectivity index (χ2n) is 3.57. The summed E-state index contributed by atoms with van der Waals surface area (Å²) in [6, 6.07) is -0.148. The summed E-state index contributed by atoms with van der Waals surface area (Å²) in [5.41, 5.74) is 2.32. The maximum Gasteiger partial charge on any atom is 0.303 e. The first kappa shape index (κ1) is 12.6. The van der Waals surface area contributed by atoms with Gasteiger partial charge in [0.25, 0.3) is 5.91 Å². The van der Waals surface area contributed by atoms with Crippen LogP contribution >= 0.6 is 11.3 Å². The lowest BCUT2D eigenvalue weighted by Gasteiger charge is -2.11. The Labute approximate surface area is 97.5 Å². The second kappa shape index (κ2) is 5.60. The highest BCUT2D eigenvalue weighted by Gasteiger charge is 2.14. The highest BCUT2D eigenvalue weighted by atomic mass is 32.1. The van der Waals surface area contributed by atoms with Gasteiger partial charge >= 0.3 is 5.97 Å². The molecule has 0 aliphatic carbocycles. The van der Waals surface area contributed by atoms with Crippen molar-refractivity contribution >= 4 is 23.2 Å². The third-order valence-corrected chi connectivity index (χ3v) is 3.05. The summed E-state index contributed by atoms with van der Waals surface area (Å²) in [6.07, 6.45) is 0.488. The quantitative estimate of drug-likeness (QED) is 0.818. The van der Waals surface area contributed by atoms with Crippen molar-refractivity contribution in [2.75, 3.05) is 0 Å². The number of aromatic nitrogens is 1. The number of hydrogen-bond acceptors (Lipinski definition) is 4. The Balaban J connectivity index is 2.46. The van der Waals surface area contributed by atoms with Crippen molar-refractivity contribution in [3.63, 3.8) is 0 Å². The molecule has 2 N–H and O–H groups in total. The number of aliphatic carboxylic acids is 1. The molecule has 1 aromatic rings. The molecule has 0 aliphatic heterocycles. The molecular formula is C10H14N2O3S. The van der Waals surface area contributed by atoms with Crippen LogP contribution in [0.3, 0.4) is 0 Å². The number of nitrogens with zero attached hydrogens (tertiary/aromatic N) is 1. The van der Waals surface area contributed by atoms with Gasteiger partial charge in [-0.15, -0.1) is 11.3 Å². The predicted octanol–water partition coefficient (Wildman–Crippen LogP) is 1.43. The Hall–Kier alpha value is -1.43. The van der Waals surface area contributed by atoms with Gasteiger partial charge in [0.2, 0.25) is 0 Å². The summed E-state index contributed by atoms with van der Waals surface area (Å²) in [7, 11) is 0. The highest BCUT2D eigenvalue weighted by Crippen LogP contribution is 2.12. The van der Waals surface area contributed by atoms with E-state index in [4.69, 9.17) is 5.11 Å². The molecule has 0 aromatic carbocycles. The fourth-order valence-corrected chi connectivity index (χ4v) is 1.93. The van der Waals surface area contributed by atoms with Crippen molar-refractivity contribution < 1.29 is 14.7 Å². The third kappa shape index (κ3) is 3.62. The van der Waals surface area contributed by atoms with Crippen molar-refractivity contribution in [3.05, 3.63) is 16.1 Å². The monoisotopic (exact) mass is 242 g/mol. The van der Waals surface area contributed by atoms with Gasteiger partial charge in [0, 0.05) is 12.5 Å². The van der Waals surface area contributed by atoms with Crippen LogP contribution in [-0.2, 0) is 4.79 Å². The van der Waals surface area contributed by atoms with Crippen LogP contribution in [0.25, 0.3) is 0 Å². The lowest BCUT2D eigenvalue weighted by molar-refractivity contribution is -0.137. The first-order chi connectivity index (χ1) is 7.50. The number of amides is 1. The summed E-state index contributed by atoms with van der Waals surface area (Å²) in [4.78, 5) is 26.6. The maximum absolute atomic E-state index is 11.7. The van der Waals surface area contributed by atoms with Crippen molar-refractivity contribution in [1.82, 2.24) is 10.3 Å². The molecule has 6 heteroatoms. The molecule has 0 saturated carbocycles. The van der Waals surface area contributed by atoms with E-state index in [0.29, 0.717) is 17.0 Å². The summed E-state index contributed by atoms with van der Waals surface area (Å²) in [6.45, 7) is 3.56. The fraction of sp³-hybridized carbons (Fsp3) is 0.500. The van der Waals surface area contributed by atoms with Gasteiger partial charge in [-0.05, 0) is 20.3 Å². The minimum Gasteiger partial charge on any atom is -0.481 e. The highest BCUT2D eigenvalue weighted by molar-refractivity contribution is 7.11. The Morgan fingerprint density at radius 1 is 1.62 bits per heavy atom. The zero-order chi connectivity index (χ0) is 12.1. The molecule has 1 atom stereocenters. The van der Waals surface area contributed by atoms with E-state index >= 15 is 0 Å². The number of carboxylic acids is 1. The molecule has 16 heavy (non-hydrogen) atoms. The second-order valence-corrected chi connectivity index (χ2v) is 4.43. The van der Waals surface area contributed by atoms with Gasteiger partial charge in [-0.3, -0.25) is 9.59 Å². The summed E-state index contributed by atoms with van der Waals surface area (Å²) in [5, 5.41) is 11.3. The van der Waals surface area contributed by atoms with Gasteiger partial charge in [-0.2, -0.15) is 0 Å². The zero-order valence-electron chi connectivity index (χ0n) is 9.19. The van der Waals surface area contributed by atoms with Crippen molar-refractivity contribution in [2.24, 2.45) is 0 Å². The topological polar surface area (TPSA) is 79.3 Å². The molecule has 0 bridgehead atoms. The summed E-state index contributed by atoms with van der Waals surface area (Å²) >= 11 is 1.28. The van der Waals surface area contributed by atoms with Gasteiger partial charge in [-0.25, -0.2) is 4.98 Å². The number of carboxylic acid groups (broad SMARTS) is 1. The Morgan fingerprint density at radius 3 is 2.81 bits per heavy atom. The molecule has 88 valence electrons.